The molecule has 0 saturated carbocycles. The van der Waals surface area contributed by atoms with Crippen LogP contribution >= 0.6 is 15.9 Å². The van der Waals surface area contributed by atoms with E-state index < -0.39 is 6.10 Å². The van der Waals surface area contributed by atoms with Gasteiger partial charge in [0.15, 0.2) is 0 Å². The maximum absolute atomic E-state index is 10.2. The van der Waals surface area contributed by atoms with Gasteiger partial charge in [0.2, 0.25) is 0 Å². The molecule has 1 unspecified atom stereocenters. The minimum atomic E-state index is -0.552. The van der Waals surface area contributed by atoms with Gasteiger partial charge < -0.3 is 9.84 Å². The van der Waals surface area contributed by atoms with E-state index in [0.717, 1.165) is 21.5 Å². The van der Waals surface area contributed by atoms with Crippen LogP contribution in [-0.4, -0.2) is 16.7 Å². The predicted molar refractivity (Wildman–Crippen MR) is 78.2 cm³/mol. The molecule has 0 amide bonds. The maximum atomic E-state index is 10.2. The highest BCUT2D eigenvalue weighted by molar-refractivity contribution is 9.10. The van der Waals surface area contributed by atoms with Crippen LogP contribution in [0.25, 0.3) is 0 Å². The van der Waals surface area contributed by atoms with Gasteiger partial charge in [-0.3, -0.25) is 4.98 Å². The number of ether oxygens (including phenoxy) is 1. The van der Waals surface area contributed by atoms with Gasteiger partial charge in [0.25, 0.3) is 0 Å². The molecule has 2 rings (SSSR count). The number of hydrogen-bond donors (Lipinski definition) is 1. The molecule has 3 nitrogen and oxygen atoms in total. The Kier molecular flexibility index (Phi) is 4.93. The quantitative estimate of drug-likeness (QED) is 0.916. The van der Waals surface area contributed by atoms with Gasteiger partial charge in [0.05, 0.1) is 12.7 Å². The van der Waals surface area contributed by atoms with Crippen LogP contribution < -0.4 is 4.74 Å². The molecule has 1 N–H and O–H groups in total. The third kappa shape index (κ3) is 4.04. The minimum Gasteiger partial charge on any atom is -0.494 e. The summed E-state index contributed by atoms with van der Waals surface area (Å²) in [4.78, 5) is 4.26. The van der Waals surface area contributed by atoms with Gasteiger partial charge in [0, 0.05) is 22.8 Å². The van der Waals surface area contributed by atoms with Crippen molar-refractivity contribution >= 4 is 15.9 Å². The topological polar surface area (TPSA) is 42.4 Å². The third-order valence-corrected chi connectivity index (χ3v) is 3.24. The first kappa shape index (κ1) is 14.0. The summed E-state index contributed by atoms with van der Waals surface area (Å²) in [6.45, 7) is 2.59. The lowest BCUT2D eigenvalue weighted by Crippen LogP contribution is -2.03. The number of aliphatic hydroxyl groups excluding tert-OH is 1. The molecule has 1 atom stereocenters. The van der Waals surface area contributed by atoms with Gasteiger partial charge in [-0.25, -0.2) is 0 Å². The first-order valence-electron chi connectivity index (χ1n) is 6.20. The number of rotatable bonds is 5. The van der Waals surface area contributed by atoms with Crippen molar-refractivity contribution < 1.29 is 9.84 Å². The molecule has 4 heteroatoms. The Morgan fingerprint density at radius 3 is 2.53 bits per heavy atom. The number of halogens is 1. The summed E-state index contributed by atoms with van der Waals surface area (Å²) in [5, 5.41) is 10.2. The van der Waals surface area contributed by atoms with Crippen molar-refractivity contribution in [1.29, 1.82) is 0 Å². The van der Waals surface area contributed by atoms with Crippen LogP contribution in [0.4, 0.5) is 0 Å². The van der Waals surface area contributed by atoms with Gasteiger partial charge in [-0.2, -0.15) is 0 Å². The number of aliphatic hydroxyl groups is 1. The fourth-order valence-corrected chi connectivity index (χ4v) is 2.03. The van der Waals surface area contributed by atoms with Crippen molar-refractivity contribution in [3.8, 4) is 5.75 Å². The van der Waals surface area contributed by atoms with E-state index in [0.29, 0.717) is 13.0 Å². The van der Waals surface area contributed by atoms with Crippen LogP contribution in [0.1, 0.15) is 24.3 Å². The molecule has 0 aliphatic heterocycles. The predicted octanol–water partition coefficient (Wildman–Crippen LogP) is 3.52. The van der Waals surface area contributed by atoms with Gasteiger partial charge in [0.1, 0.15) is 5.75 Å². The van der Waals surface area contributed by atoms with E-state index in [2.05, 4.69) is 20.9 Å². The molecule has 0 saturated heterocycles. The molecular weight excluding hydrogens is 306 g/mol. The second-order valence-electron chi connectivity index (χ2n) is 4.19. The number of nitrogens with zero attached hydrogens (tertiary/aromatic N) is 1. The summed E-state index contributed by atoms with van der Waals surface area (Å²) >= 11 is 3.34. The smallest absolute Gasteiger partial charge is 0.119 e. The average molecular weight is 322 g/mol. The summed E-state index contributed by atoms with van der Waals surface area (Å²) in [5.41, 5.74) is 1.73. The molecule has 2 aromatic rings. The van der Waals surface area contributed by atoms with E-state index >= 15 is 0 Å². The summed E-state index contributed by atoms with van der Waals surface area (Å²) in [5.74, 6) is 0.820. The summed E-state index contributed by atoms with van der Waals surface area (Å²) < 4.78 is 6.31. The summed E-state index contributed by atoms with van der Waals surface area (Å²) in [6.07, 6.45) is 1.69. The molecule has 0 aliphatic rings. The van der Waals surface area contributed by atoms with E-state index in [1.807, 2.05) is 43.3 Å². The number of hydrogen-bond acceptors (Lipinski definition) is 3. The minimum absolute atomic E-state index is 0.501. The van der Waals surface area contributed by atoms with Crippen molar-refractivity contribution in [2.24, 2.45) is 0 Å². The van der Waals surface area contributed by atoms with Gasteiger partial charge >= 0.3 is 0 Å². The third-order valence-electron chi connectivity index (χ3n) is 2.77. The summed E-state index contributed by atoms with van der Waals surface area (Å²) in [6, 6.07) is 11.3. The molecule has 0 bridgehead atoms. The molecule has 0 spiro atoms. The van der Waals surface area contributed by atoms with E-state index in [4.69, 9.17) is 4.74 Å². The van der Waals surface area contributed by atoms with Crippen LogP contribution in [0.15, 0.2) is 47.1 Å². The Hall–Kier alpha value is -1.39. The number of aromatic nitrogens is 1. The van der Waals surface area contributed by atoms with Crippen LogP contribution in [0.2, 0.25) is 0 Å². The Bertz CT molecular complexity index is 511. The SMILES string of the molecule is CCOc1ccc(C(O)Cc2ccc(Br)cn2)cc1. The average Bonchev–Trinajstić information content (AvgIpc) is 2.42. The normalized spacial score (nSPS) is 12.2. The zero-order valence-corrected chi connectivity index (χ0v) is 12.3. The highest BCUT2D eigenvalue weighted by atomic mass is 79.9. The first-order chi connectivity index (χ1) is 9.19. The highest BCUT2D eigenvalue weighted by Crippen LogP contribution is 2.21. The Balaban J connectivity index is 2.02. The van der Waals surface area contributed by atoms with E-state index in [9.17, 15) is 5.11 Å². The molecule has 1 aromatic carbocycles. The van der Waals surface area contributed by atoms with Crippen molar-refractivity contribution in [2.45, 2.75) is 19.4 Å². The zero-order chi connectivity index (χ0) is 13.7. The van der Waals surface area contributed by atoms with E-state index in [1.54, 1.807) is 6.20 Å². The van der Waals surface area contributed by atoms with Crippen LogP contribution in [-0.2, 0) is 6.42 Å². The molecule has 19 heavy (non-hydrogen) atoms. The molecule has 0 aliphatic carbocycles. The fourth-order valence-electron chi connectivity index (χ4n) is 1.80. The van der Waals surface area contributed by atoms with Crippen LogP contribution in [0, 0.1) is 0 Å². The van der Waals surface area contributed by atoms with Crippen molar-refractivity contribution in [2.75, 3.05) is 6.61 Å². The molecule has 1 heterocycles. The Morgan fingerprint density at radius 2 is 1.95 bits per heavy atom. The molecule has 1 aromatic heterocycles. The van der Waals surface area contributed by atoms with Crippen molar-refractivity contribution in [1.82, 2.24) is 4.98 Å². The fraction of sp³-hybridized carbons (Fsp3) is 0.267. The zero-order valence-electron chi connectivity index (χ0n) is 10.7. The molecule has 100 valence electrons. The van der Waals surface area contributed by atoms with Crippen LogP contribution in [0.5, 0.6) is 5.75 Å². The molecular formula is C15H16BrNO2. The largest absolute Gasteiger partial charge is 0.494 e. The van der Waals surface area contributed by atoms with E-state index in [1.165, 1.54) is 0 Å². The molecule has 0 radical (unpaired) electrons. The maximum Gasteiger partial charge on any atom is 0.119 e. The van der Waals surface area contributed by atoms with Gasteiger partial charge in [-0.1, -0.05) is 12.1 Å². The number of pyridine rings is 1. The number of benzene rings is 1. The lowest BCUT2D eigenvalue weighted by Gasteiger charge is -2.11. The first-order valence-corrected chi connectivity index (χ1v) is 6.99. The Labute approximate surface area is 121 Å². The van der Waals surface area contributed by atoms with Crippen molar-refractivity contribution in [3.05, 3.63) is 58.3 Å². The standard InChI is InChI=1S/C15H16BrNO2/c1-2-19-14-7-3-11(4-8-14)15(18)9-13-6-5-12(16)10-17-13/h3-8,10,15,18H,2,9H2,1H3. The van der Waals surface area contributed by atoms with E-state index in [-0.39, 0.29) is 0 Å². The van der Waals surface area contributed by atoms with Crippen molar-refractivity contribution in [3.63, 3.8) is 0 Å². The second kappa shape index (κ2) is 6.68. The van der Waals surface area contributed by atoms with Gasteiger partial charge in [-0.05, 0) is 52.7 Å². The second-order valence-corrected chi connectivity index (χ2v) is 5.11. The lowest BCUT2D eigenvalue weighted by molar-refractivity contribution is 0.177. The van der Waals surface area contributed by atoms with Gasteiger partial charge in [-0.15, -0.1) is 0 Å². The van der Waals surface area contributed by atoms with Crippen LogP contribution in [0.3, 0.4) is 0 Å². The molecule has 0 fully saturated rings. The monoisotopic (exact) mass is 321 g/mol. The lowest BCUT2D eigenvalue weighted by atomic mass is 10.0. The highest BCUT2D eigenvalue weighted by Gasteiger charge is 2.09. The Morgan fingerprint density at radius 1 is 1.21 bits per heavy atom. The summed E-state index contributed by atoms with van der Waals surface area (Å²) in [7, 11) is 0.